The molecule has 2 aliphatic heterocycles. The van der Waals surface area contributed by atoms with Crippen molar-refractivity contribution in [3.8, 4) is 0 Å². The van der Waals surface area contributed by atoms with Crippen LogP contribution < -0.4 is 0 Å². The molecule has 0 saturated carbocycles. The molecule has 0 aromatic rings. The largest absolute Gasteiger partial charge is 0.392 e. The van der Waals surface area contributed by atoms with E-state index in [9.17, 15) is 5.11 Å². The van der Waals surface area contributed by atoms with Crippen LogP contribution in [0.15, 0.2) is 0 Å². The zero-order chi connectivity index (χ0) is 11.1. The molecule has 1 atom stereocenters. The lowest BCUT2D eigenvalue weighted by Gasteiger charge is -2.58. The molecule has 0 aliphatic carbocycles. The Labute approximate surface area is 92.4 Å². The molecule has 3 nitrogen and oxygen atoms in total. The van der Waals surface area contributed by atoms with Gasteiger partial charge >= 0.3 is 0 Å². The van der Waals surface area contributed by atoms with Gasteiger partial charge in [0.25, 0.3) is 0 Å². The van der Waals surface area contributed by atoms with Gasteiger partial charge in [-0.25, -0.2) is 0 Å². The van der Waals surface area contributed by atoms with E-state index in [0.717, 1.165) is 26.3 Å². The van der Waals surface area contributed by atoms with Crippen LogP contribution in [0.2, 0.25) is 0 Å². The lowest BCUT2D eigenvalue weighted by atomic mass is 9.71. The molecule has 2 heterocycles. The number of likely N-dealkylation sites (tertiary alicyclic amines) is 1. The van der Waals surface area contributed by atoms with Gasteiger partial charge in [0.1, 0.15) is 0 Å². The van der Waals surface area contributed by atoms with Crippen LogP contribution in [0.1, 0.15) is 33.6 Å². The molecule has 1 N–H and O–H groups in total. The summed E-state index contributed by atoms with van der Waals surface area (Å²) < 4.78 is 5.40. The molecular formula is C12H23NO2. The first-order valence-corrected chi connectivity index (χ1v) is 5.97. The first kappa shape index (κ1) is 11.4. The van der Waals surface area contributed by atoms with Gasteiger partial charge in [-0.05, 0) is 33.6 Å². The molecular weight excluding hydrogens is 190 g/mol. The number of aliphatic hydroxyl groups is 1. The third-order valence-corrected chi connectivity index (χ3v) is 4.44. The van der Waals surface area contributed by atoms with Crippen LogP contribution >= 0.6 is 0 Å². The minimum Gasteiger partial charge on any atom is -0.392 e. The molecule has 2 rings (SSSR count). The van der Waals surface area contributed by atoms with Crippen molar-refractivity contribution in [1.29, 1.82) is 0 Å². The summed E-state index contributed by atoms with van der Waals surface area (Å²) in [6.07, 6.45) is 2.12. The van der Waals surface area contributed by atoms with Crippen molar-refractivity contribution >= 4 is 0 Å². The molecule has 1 unspecified atom stereocenters. The van der Waals surface area contributed by atoms with Crippen LogP contribution in [-0.4, -0.2) is 48.0 Å². The molecule has 3 heteroatoms. The summed E-state index contributed by atoms with van der Waals surface area (Å²) in [6, 6.07) is 0. The highest BCUT2D eigenvalue weighted by Crippen LogP contribution is 2.43. The van der Waals surface area contributed by atoms with Gasteiger partial charge in [0.15, 0.2) is 0 Å². The van der Waals surface area contributed by atoms with Crippen LogP contribution in [0.25, 0.3) is 0 Å². The van der Waals surface area contributed by atoms with Gasteiger partial charge in [-0.2, -0.15) is 0 Å². The van der Waals surface area contributed by atoms with Crippen LogP contribution in [0, 0.1) is 5.41 Å². The van der Waals surface area contributed by atoms with Gasteiger partial charge in [0.05, 0.1) is 6.10 Å². The topological polar surface area (TPSA) is 32.7 Å². The molecule has 0 aromatic carbocycles. The average Bonchev–Trinajstić information content (AvgIpc) is 2.15. The average molecular weight is 213 g/mol. The maximum absolute atomic E-state index is 9.74. The number of ether oxygens (including phenoxy) is 1. The van der Waals surface area contributed by atoms with Gasteiger partial charge in [0, 0.05) is 37.3 Å². The second-order valence-electron chi connectivity index (χ2n) is 5.80. The number of rotatable bonds is 2. The molecule has 2 aliphatic rings. The standard InChI is InChI=1S/C12H23NO2/c1-10(14)11(2,3)13-8-12(9-13)4-6-15-7-5-12/h10,14H,4-9H2,1-3H3. The fraction of sp³-hybridized carbons (Fsp3) is 1.00. The van der Waals surface area contributed by atoms with Gasteiger partial charge in [-0.1, -0.05) is 0 Å². The highest BCUT2D eigenvalue weighted by molar-refractivity contribution is 5.02. The van der Waals surface area contributed by atoms with Crippen LogP contribution in [0.5, 0.6) is 0 Å². The predicted octanol–water partition coefficient (Wildman–Crippen LogP) is 1.26. The zero-order valence-corrected chi connectivity index (χ0v) is 10.1. The number of nitrogens with zero attached hydrogens (tertiary/aromatic N) is 1. The smallest absolute Gasteiger partial charge is 0.0690 e. The van der Waals surface area contributed by atoms with E-state index in [1.54, 1.807) is 0 Å². The fourth-order valence-electron chi connectivity index (χ4n) is 2.56. The Hall–Kier alpha value is -0.120. The molecule has 88 valence electrons. The fourth-order valence-corrected chi connectivity index (χ4v) is 2.56. The van der Waals surface area contributed by atoms with Crippen molar-refractivity contribution in [3.63, 3.8) is 0 Å². The lowest BCUT2D eigenvalue weighted by molar-refractivity contribution is -0.141. The van der Waals surface area contributed by atoms with Crippen molar-refractivity contribution < 1.29 is 9.84 Å². The lowest BCUT2D eigenvalue weighted by Crippen LogP contribution is -2.67. The summed E-state index contributed by atoms with van der Waals surface area (Å²) in [5.41, 5.74) is 0.425. The zero-order valence-electron chi connectivity index (χ0n) is 10.1. The van der Waals surface area contributed by atoms with Crippen molar-refractivity contribution in [3.05, 3.63) is 0 Å². The second kappa shape index (κ2) is 3.72. The Bertz CT molecular complexity index is 224. The van der Waals surface area contributed by atoms with Gasteiger partial charge in [0.2, 0.25) is 0 Å². The number of hydrogen-bond donors (Lipinski definition) is 1. The maximum Gasteiger partial charge on any atom is 0.0690 e. The summed E-state index contributed by atoms with van der Waals surface area (Å²) in [5.74, 6) is 0. The van der Waals surface area contributed by atoms with Gasteiger partial charge in [-0.3, -0.25) is 4.90 Å². The third kappa shape index (κ3) is 1.93. The van der Waals surface area contributed by atoms with E-state index in [0.29, 0.717) is 5.41 Å². The predicted molar refractivity (Wildman–Crippen MR) is 59.8 cm³/mol. The molecule has 2 saturated heterocycles. The molecule has 0 amide bonds. The molecule has 2 fully saturated rings. The first-order chi connectivity index (χ1) is 6.96. The van der Waals surface area contributed by atoms with Gasteiger partial charge < -0.3 is 9.84 Å². The Morgan fingerprint density at radius 3 is 2.27 bits per heavy atom. The SMILES string of the molecule is CC(O)C(C)(C)N1CC2(CCOCC2)C1. The Balaban J connectivity index is 1.91. The highest BCUT2D eigenvalue weighted by atomic mass is 16.5. The van der Waals surface area contributed by atoms with E-state index in [1.807, 2.05) is 6.92 Å². The highest BCUT2D eigenvalue weighted by Gasteiger charge is 2.49. The second-order valence-corrected chi connectivity index (χ2v) is 5.80. The summed E-state index contributed by atoms with van der Waals surface area (Å²) in [7, 11) is 0. The van der Waals surface area contributed by atoms with E-state index in [-0.39, 0.29) is 11.6 Å². The van der Waals surface area contributed by atoms with E-state index in [2.05, 4.69) is 18.7 Å². The minimum absolute atomic E-state index is 0.0798. The van der Waals surface area contributed by atoms with Crippen LogP contribution in [-0.2, 0) is 4.74 Å². The van der Waals surface area contributed by atoms with Crippen molar-refractivity contribution in [2.75, 3.05) is 26.3 Å². The minimum atomic E-state index is -0.269. The molecule has 0 aromatic heterocycles. The van der Waals surface area contributed by atoms with Crippen LogP contribution in [0.4, 0.5) is 0 Å². The Morgan fingerprint density at radius 2 is 1.80 bits per heavy atom. The molecule has 15 heavy (non-hydrogen) atoms. The maximum atomic E-state index is 9.74. The number of hydrogen-bond acceptors (Lipinski definition) is 3. The Morgan fingerprint density at radius 1 is 1.27 bits per heavy atom. The molecule has 1 spiro atoms. The normalized spacial score (nSPS) is 28.8. The van der Waals surface area contributed by atoms with Crippen molar-refractivity contribution in [1.82, 2.24) is 4.90 Å². The Kier molecular flexibility index (Phi) is 2.82. The van der Waals surface area contributed by atoms with E-state index >= 15 is 0 Å². The van der Waals surface area contributed by atoms with Crippen molar-refractivity contribution in [2.45, 2.75) is 45.3 Å². The van der Waals surface area contributed by atoms with Crippen molar-refractivity contribution in [2.24, 2.45) is 5.41 Å². The van der Waals surface area contributed by atoms with E-state index in [1.165, 1.54) is 12.8 Å². The van der Waals surface area contributed by atoms with E-state index < -0.39 is 0 Å². The number of aliphatic hydroxyl groups excluding tert-OH is 1. The molecule has 0 bridgehead atoms. The summed E-state index contributed by atoms with van der Waals surface area (Å²) >= 11 is 0. The quantitative estimate of drug-likeness (QED) is 0.749. The van der Waals surface area contributed by atoms with Gasteiger partial charge in [-0.15, -0.1) is 0 Å². The summed E-state index contributed by atoms with van der Waals surface area (Å²) in [4.78, 5) is 2.41. The monoisotopic (exact) mass is 213 g/mol. The molecule has 0 radical (unpaired) electrons. The van der Waals surface area contributed by atoms with E-state index in [4.69, 9.17) is 4.74 Å². The summed E-state index contributed by atoms with van der Waals surface area (Å²) in [5, 5.41) is 9.74. The third-order valence-electron chi connectivity index (χ3n) is 4.44. The summed E-state index contributed by atoms with van der Waals surface area (Å²) in [6.45, 7) is 10.2. The van der Waals surface area contributed by atoms with Crippen LogP contribution in [0.3, 0.4) is 0 Å². The first-order valence-electron chi connectivity index (χ1n) is 5.97.